The van der Waals surface area contributed by atoms with Crippen molar-refractivity contribution in [1.29, 1.82) is 0 Å². The van der Waals surface area contributed by atoms with Gasteiger partial charge in [-0.15, -0.1) is 0 Å². The minimum atomic E-state index is -1.07. The average Bonchev–Trinajstić information content (AvgIpc) is 2.28. The van der Waals surface area contributed by atoms with E-state index in [0.29, 0.717) is 11.1 Å². The lowest BCUT2D eigenvalue weighted by Crippen LogP contribution is -2.17. The summed E-state index contributed by atoms with van der Waals surface area (Å²) >= 11 is 0. The fourth-order valence-electron chi connectivity index (χ4n) is 1.25. The lowest BCUT2D eigenvalue weighted by Gasteiger charge is -2.00. The van der Waals surface area contributed by atoms with Crippen LogP contribution >= 0.6 is 0 Å². The van der Waals surface area contributed by atoms with Crippen LogP contribution in [0.2, 0.25) is 0 Å². The van der Waals surface area contributed by atoms with Gasteiger partial charge in [0.1, 0.15) is 5.82 Å². The van der Waals surface area contributed by atoms with Crippen LogP contribution in [0.15, 0.2) is 18.2 Å². The number of hydrogen-bond acceptors (Lipinski definition) is 2. The number of amides is 1. The molecule has 1 aromatic carbocycles. The number of nitrogens with one attached hydrogen (secondary N) is 1. The largest absolute Gasteiger partial charge is 0.369 e. The van der Waals surface area contributed by atoms with Gasteiger partial charge in [0, 0.05) is 11.1 Å². The Morgan fingerprint density at radius 2 is 2.25 bits per heavy atom. The first-order valence-corrected chi connectivity index (χ1v) is 3.47. The number of rotatable bonds is 0. The van der Waals surface area contributed by atoms with Crippen LogP contribution in [0, 0.1) is 5.82 Å². The van der Waals surface area contributed by atoms with Gasteiger partial charge < -0.3 is 10.4 Å². The van der Waals surface area contributed by atoms with Crippen molar-refractivity contribution in [3.05, 3.63) is 35.1 Å². The molecule has 62 valence electrons. The Hall–Kier alpha value is -1.42. The number of benzene rings is 1. The second-order valence-corrected chi connectivity index (χ2v) is 2.61. The molecule has 1 atom stereocenters. The van der Waals surface area contributed by atoms with Gasteiger partial charge in [0.15, 0.2) is 6.23 Å². The smallest absolute Gasteiger partial charge is 0.253 e. The van der Waals surface area contributed by atoms with E-state index in [-0.39, 0.29) is 5.91 Å². The molecule has 2 rings (SSSR count). The van der Waals surface area contributed by atoms with Gasteiger partial charge in [-0.2, -0.15) is 0 Å². The van der Waals surface area contributed by atoms with Gasteiger partial charge in [-0.05, 0) is 18.2 Å². The summed E-state index contributed by atoms with van der Waals surface area (Å²) in [6.07, 6.45) is -1.07. The maximum atomic E-state index is 12.6. The Morgan fingerprint density at radius 1 is 1.50 bits per heavy atom. The van der Waals surface area contributed by atoms with E-state index < -0.39 is 12.0 Å². The van der Waals surface area contributed by atoms with Crippen LogP contribution in [0.1, 0.15) is 22.1 Å². The summed E-state index contributed by atoms with van der Waals surface area (Å²) in [4.78, 5) is 11.0. The van der Waals surface area contributed by atoms with Gasteiger partial charge in [-0.1, -0.05) is 0 Å². The van der Waals surface area contributed by atoms with Crippen molar-refractivity contribution >= 4 is 5.91 Å². The molecule has 12 heavy (non-hydrogen) atoms. The zero-order valence-corrected chi connectivity index (χ0v) is 6.04. The first-order chi connectivity index (χ1) is 5.68. The van der Waals surface area contributed by atoms with Crippen molar-refractivity contribution in [1.82, 2.24) is 5.32 Å². The van der Waals surface area contributed by atoms with E-state index in [4.69, 9.17) is 0 Å². The molecule has 1 aliphatic heterocycles. The highest BCUT2D eigenvalue weighted by molar-refractivity contribution is 5.98. The third kappa shape index (κ3) is 0.887. The SMILES string of the molecule is O=C1NC(O)c2cc(F)ccc21. The minimum Gasteiger partial charge on any atom is -0.369 e. The van der Waals surface area contributed by atoms with Crippen LogP contribution < -0.4 is 5.32 Å². The van der Waals surface area contributed by atoms with Crippen LogP contribution in [0.3, 0.4) is 0 Å². The molecule has 1 aliphatic rings. The highest BCUT2D eigenvalue weighted by Gasteiger charge is 2.26. The van der Waals surface area contributed by atoms with Crippen LogP contribution in [0.5, 0.6) is 0 Å². The van der Waals surface area contributed by atoms with Gasteiger partial charge in [0.25, 0.3) is 5.91 Å². The van der Waals surface area contributed by atoms with E-state index in [1.165, 1.54) is 12.1 Å². The quantitative estimate of drug-likeness (QED) is 0.593. The van der Waals surface area contributed by atoms with E-state index in [2.05, 4.69) is 5.32 Å². The molecule has 0 aliphatic carbocycles. The molecule has 1 amide bonds. The summed E-state index contributed by atoms with van der Waals surface area (Å²) in [5.41, 5.74) is 0.643. The van der Waals surface area contributed by atoms with Crippen LogP contribution in [0.4, 0.5) is 4.39 Å². The molecule has 0 saturated heterocycles. The molecular weight excluding hydrogens is 161 g/mol. The normalized spacial score (nSPS) is 20.5. The number of aliphatic hydroxyl groups excluding tert-OH is 1. The summed E-state index contributed by atoms with van der Waals surface area (Å²) in [7, 11) is 0. The summed E-state index contributed by atoms with van der Waals surface area (Å²) in [5, 5.41) is 11.4. The number of aliphatic hydroxyl groups is 1. The minimum absolute atomic E-state index is 0.306. The van der Waals surface area contributed by atoms with Crippen molar-refractivity contribution in [2.75, 3.05) is 0 Å². The third-order valence-corrected chi connectivity index (χ3v) is 1.82. The van der Waals surface area contributed by atoms with Crippen molar-refractivity contribution in [3.8, 4) is 0 Å². The highest BCUT2D eigenvalue weighted by atomic mass is 19.1. The predicted molar refractivity (Wildman–Crippen MR) is 38.8 cm³/mol. The molecule has 0 spiro atoms. The van der Waals surface area contributed by atoms with Crippen molar-refractivity contribution in [3.63, 3.8) is 0 Å². The maximum Gasteiger partial charge on any atom is 0.253 e. The van der Waals surface area contributed by atoms with Gasteiger partial charge in [0.2, 0.25) is 0 Å². The summed E-state index contributed by atoms with van der Waals surface area (Å²) < 4.78 is 12.6. The van der Waals surface area contributed by atoms with Crippen LogP contribution in [0.25, 0.3) is 0 Å². The molecule has 0 saturated carbocycles. The Morgan fingerprint density at radius 3 is 3.00 bits per heavy atom. The number of carbonyl (C=O) groups is 1. The van der Waals surface area contributed by atoms with Crippen molar-refractivity contribution in [2.45, 2.75) is 6.23 Å². The maximum absolute atomic E-state index is 12.6. The van der Waals surface area contributed by atoms with E-state index in [1.807, 2.05) is 0 Å². The Kier molecular flexibility index (Phi) is 1.38. The molecule has 1 heterocycles. The first kappa shape index (κ1) is 7.24. The lowest BCUT2D eigenvalue weighted by molar-refractivity contribution is 0.0850. The van der Waals surface area contributed by atoms with E-state index in [1.54, 1.807) is 0 Å². The van der Waals surface area contributed by atoms with Gasteiger partial charge in [0.05, 0.1) is 0 Å². The van der Waals surface area contributed by atoms with Crippen molar-refractivity contribution < 1.29 is 14.3 Å². The number of halogens is 1. The average molecular weight is 167 g/mol. The van der Waals surface area contributed by atoms with Crippen LogP contribution in [-0.2, 0) is 0 Å². The summed E-state index contributed by atoms with van der Waals surface area (Å²) in [5.74, 6) is -0.818. The Bertz CT molecular complexity index is 351. The highest BCUT2D eigenvalue weighted by Crippen LogP contribution is 2.23. The second kappa shape index (κ2) is 2.28. The fourth-order valence-corrected chi connectivity index (χ4v) is 1.25. The van der Waals surface area contributed by atoms with E-state index in [9.17, 15) is 14.3 Å². The van der Waals surface area contributed by atoms with Crippen molar-refractivity contribution in [2.24, 2.45) is 0 Å². The second-order valence-electron chi connectivity index (χ2n) is 2.61. The summed E-state index contributed by atoms with van der Waals surface area (Å²) in [6.45, 7) is 0. The van der Waals surface area contributed by atoms with Gasteiger partial charge in [-0.25, -0.2) is 4.39 Å². The molecule has 4 heteroatoms. The standard InChI is InChI=1S/C8H6FNO2/c9-4-1-2-5-6(3-4)8(12)10-7(5)11/h1-3,8,12H,(H,10,11). The first-order valence-electron chi connectivity index (χ1n) is 3.47. The number of hydrogen-bond donors (Lipinski definition) is 2. The predicted octanol–water partition coefficient (Wildman–Crippen LogP) is 0.560. The molecule has 2 N–H and O–H groups in total. The molecule has 1 unspecified atom stereocenters. The molecule has 3 nitrogen and oxygen atoms in total. The molecular formula is C8H6FNO2. The zero-order valence-electron chi connectivity index (χ0n) is 6.04. The number of fused-ring (bicyclic) bond motifs is 1. The Labute approximate surface area is 67.8 Å². The molecule has 0 radical (unpaired) electrons. The van der Waals surface area contributed by atoms with E-state index >= 15 is 0 Å². The van der Waals surface area contributed by atoms with Crippen LogP contribution in [-0.4, -0.2) is 11.0 Å². The number of carbonyl (C=O) groups excluding carboxylic acids is 1. The van der Waals surface area contributed by atoms with Gasteiger partial charge in [-0.3, -0.25) is 4.79 Å². The van der Waals surface area contributed by atoms with E-state index in [0.717, 1.165) is 6.07 Å². The zero-order chi connectivity index (χ0) is 8.72. The third-order valence-electron chi connectivity index (χ3n) is 1.82. The summed E-state index contributed by atoms with van der Waals surface area (Å²) in [6, 6.07) is 3.70. The topological polar surface area (TPSA) is 49.3 Å². The van der Waals surface area contributed by atoms with Gasteiger partial charge >= 0.3 is 0 Å². The monoisotopic (exact) mass is 167 g/mol. The molecule has 0 fully saturated rings. The lowest BCUT2D eigenvalue weighted by atomic mass is 10.1. The molecule has 1 aromatic rings. The molecule has 0 aromatic heterocycles. The fraction of sp³-hybridized carbons (Fsp3) is 0.125. The Balaban J connectivity index is 2.60. The molecule has 0 bridgehead atoms.